The molecule has 6 heteroatoms. The fraction of sp³-hybridized carbons (Fsp3) is 0.214. The first-order chi connectivity index (χ1) is 9.60. The second kappa shape index (κ2) is 6.47. The molecule has 0 unspecified atom stereocenters. The van der Waals surface area contributed by atoms with Crippen LogP contribution in [0.5, 0.6) is 0 Å². The number of halogens is 1. The van der Waals surface area contributed by atoms with Gasteiger partial charge in [0.05, 0.1) is 17.9 Å². The maximum absolute atomic E-state index is 13.3. The molecule has 0 aliphatic rings. The van der Waals surface area contributed by atoms with Crippen LogP contribution in [0, 0.1) is 5.82 Å². The minimum atomic E-state index is -0.786. The molecule has 1 heterocycles. The van der Waals surface area contributed by atoms with Gasteiger partial charge in [0.25, 0.3) is 5.91 Å². The Morgan fingerprint density at radius 3 is 2.80 bits per heavy atom. The Morgan fingerprint density at radius 2 is 2.10 bits per heavy atom. The summed E-state index contributed by atoms with van der Waals surface area (Å²) in [7, 11) is 0. The standard InChI is InChI=1S/C14H15FN2O2S/c1-20-8-11-4-3-10(19-11)7-17-9-2-5-13(15)12(6-9)14(16)18/h2-6,17H,7-8H2,1H3,(H2,16,18). The van der Waals surface area contributed by atoms with E-state index in [1.165, 1.54) is 12.1 Å². The van der Waals surface area contributed by atoms with Crippen LogP contribution in [0.15, 0.2) is 34.7 Å². The topological polar surface area (TPSA) is 68.3 Å². The zero-order valence-electron chi connectivity index (χ0n) is 11.0. The van der Waals surface area contributed by atoms with E-state index < -0.39 is 11.7 Å². The molecule has 0 saturated carbocycles. The van der Waals surface area contributed by atoms with Crippen LogP contribution in [-0.2, 0) is 12.3 Å². The summed E-state index contributed by atoms with van der Waals surface area (Å²) in [4.78, 5) is 11.1. The SMILES string of the molecule is CSCc1ccc(CNc2ccc(F)c(C(N)=O)c2)o1. The number of anilines is 1. The number of primary amides is 1. The molecule has 20 heavy (non-hydrogen) atoms. The highest BCUT2D eigenvalue weighted by Gasteiger charge is 2.09. The molecule has 0 atom stereocenters. The predicted molar refractivity (Wildman–Crippen MR) is 78.2 cm³/mol. The van der Waals surface area contributed by atoms with Crippen molar-refractivity contribution in [2.45, 2.75) is 12.3 Å². The van der Waals surface area contributed by atoms with Gasteiger partial charge in [0.1, 0.15) is 17.3 Å². The largest absolute Gasteiger partial charge is 0.463 e. The van der Waals surface area contributed by atoms with E-state index in [9.17, 15) is 9.18 Å². The molecule has 0 aliphatic carbocycles. The summed E-state index contributed by atoms with van der Waals surface area (Å²) in [6, 6.07) is 7.96. The van der Waals surface area contributed by atoms with Gasteiger partial charge >= 0.3 is 0 Å². The first kappa shape index (κ1) is 14.5. The van der Waals surface area contributed by atoms with Crippen molar-refractivity contribution in [2.24, 2.45) is 5.73 Å². The zero-order valence-corrected chi connectivity index (χ0v) is 11.8. The molecule has 1 aromatic heterocycles. The fourth-order valence-electron chi connectivity index (χ4n) is 1.75. The number of thioether (sulfide) groups is 1. The Hall–Kier alpha value is -1.95. The molecular weight excluding hydrogens is 279 g/mol. The van der Waals surface area contributed by atoms with Crippen molar-refractivity contribution in [3.63, 3.8) is 0 Å². The van der Waals surface area contributed by atoms with Gasteiger partial charge in [0, 0.05) is 5.69 Å². The molecule has 0 bridgehead atoms. The molecule has 0 radical (unpaired) electrons. The predicted octanol–water partition coefficient (Wildman–Crippen LogP) is 2.99. The molecule has 3 N–H and O–H groups in total. The van der Waals surface area contributed by atoms with Gasteiger partial charge in [-0.05, 0) is 36.6 Å². The summed E-state index contributed by atoms with van der Waals surface area (Å²) in [5.41, 5.74) is 5.59. The summed E-state index contributed by atoms with van der Waals surface area (Å²) < 4.78 is 18.9. The lowest BCUT2D eigenvalue weighted by Crippen LogP contribution is -2.13. The maximum atomic E-state index is 13.3. The van der Waals surface area contributed by atoms with E-state index in [4.69, 9.17) is 10.2 Å². The van der Waals surface area contributed by atoms with Crippen LogP contribution in [0.3, 0.4) is 0 Å². The fourth-order valence-corrected chi connectivity index (χ4v) is 2.19. The monoisotopic (exact) mass is 294 g/mol. The summed E-state index contributed by atoms with van der Waals surface area (Å²) in [5.74, 6) is 1.10. The van der Waals surface area contributed by atoms with Gasteiger partial charge in [-0.25, -0.2) is 4.39 Å². The van der Waals surface area contributed by atoms with E-state index in [0.29, 0.717) is 12.2 Å². The van der Waals surface area contributed by atoms with Crippen molar-refractivity contribution in [1.29, 1.82) is 0 Å². The average Bonchev–Trinajstić information content (AvgIpc) is 2.86. The van der Waals surface area contributed by atoms with Crippen LogP contribution in [0.4, 0.5) is 10.1 Å². The van der Waals surface area contributed by atoms with E-state index in [-0.39, 0.29) is 5.56 Å². The maximum Gasteiger partial charge on any atom is 0.251 e. The normalized spacial score (nSPS) is 10.5. The van der Waals surface area contributed by atoms with Crippen LogP contribution in [0.25, 0.3) is 0 Å². The smallest absolute Gasteiger partial charge is 0.251 e. The molecule has 1 amide bonds. The first-order valence-corrected chi connectivity index (χ1v) is 7.39. The highest BCUT2D eigenvalue weighted by Crippen LogP contribution is 2.17. The van der Waals surface area contributed by atoms with Crippen molar-refractivity contribution in [1.82, 2.24) is 0 Å². The number of benzene rings is 1. The average molecular weight is 294 g/mol. The summed E-state index contributed by atoms with van der Waals surface area (Å²) >= 11 is 1.68. The molecule has 0 aliphatic heterocycles. The van der Waals surface area contributed by atoms with E-state index >= 15 is 0 Å². The third-order valence-electron chi connectivity index (χ3n) is 2.70. The second-order valence-electron chi connectivity index (χ2n) is 4.21. The highest BCUT2D eigenvalue weighted by molar-refractivity contribution is 7.97. The molecule has 0 spiro atoms. The van der Waals surface area contributed by atoms with E-state index in [1.54, 1.807) is 17.8 Å². The van der Waals surface area contributed by atoms with Gasteiger partial charge in [-0.1, -0.05) is 0 Å². The Bertz CT molecular complexity index is 613. The Kier molecular flexibility index (Phi) is 4.68. The van der Waals surface area contributed by atoms with Gasteiger partial charge in [-0.3, -0.25) is 4.79 Å². The minimum absolute atomic E-state index is 0.127. The van der Waals surface area contributed by atoms with Crippen LogP contribution in [0.1, 0.15) is 21.9 Å². The summed E-state index contributed by atoms with van der Waals surface area (Å²) in [5, 5.41) is 3.06. The molecule has 2 aromatic rings. The number of nitrogens with one attached hydrogen (secondary N) is 1. The van der Waals surface area contributed by atoms with Crippen molar-refractivity contribution in [2.75, 3.05) is 11.6 Å². The number of amides is 1. The third-order valence-corrected chi connectivity index (χ3v) is 3.28. The van der Waals surface area contributed by atoms with Crippen LogP contribution in [0.2, 0.25) is 0 Å². The number of carbonyl (C=O) groups excluding carboxylic acids is 1. The number of furan rings is 1. The Balaban J connectivity index is 2.03. The van der Waals surface area contributed by atoms with Crippen LogP contribution in [-0.4, -0.2) is 12.2 Å². The number of hydrogen-bond acceptors (Lipinski definition) is 4. The highest BCUT2D eigenvalue weighted by atomic mass is 32.2. The Morgan fingerprint density at radius 1 is 1.35 bits per heavy atom. The molecule has 4 nitrogen and oxygen atoms in total. The number of carbonyl (C=O) groups is 1. The van der Waals surface area contributed by atoms with Crippen LogP contribution >= 0.6 is 11.8 Å². The lowest BCUT2D eigenvalue weighted by Gasteiger charge is -2.06. The van der Waals surface area contributed by atoms with Gasteiger partial charge in [-0.2, -0.15) is 11.8 Å². The van der Waals surface area contributed by atoms with E-state index in [0.717, 1.165) is 17.3 Å². The van der Waals surface area contributed by atoms with Crippen molar-refractivity contribution in [3.05, 3.63) is 53.2 Å². The molecule has 2 rings (SSSR count). The lowest BCUT2D eigenvalue weighted by molar-refractivity contribution is 0.0996. The molecule has 106 valence electrons. The van der Waals surface area contributed by atoms with Gasteiger partial charge < -0.3 is 15.5 Å². The van der Waals surface area contributed by atoms with Gasteiger partial charge in [-0.15, -0.1) is 0 Å². The zero-order chi connectivity index (χ0) is 14.5. The van der Waals surface area contributed by atoms with Crippen molar-refractivity contribution >= 4 is 23.4 Å². The number of hydrogen-bond donors (Lipinski definition) is 2. The molecule has 0 fully saturated rings. The lowest BCUT2D eigenvalue weighted by atomic mass is 10.2. The van der Waals surface area contributed by atoms with E-state index in [1.807, 2.05) is 18.4 Å². The number of nitrogens with two attached hydrogens (primary N) is 1. The third kappa shape index (κ3) is 3.54. The summed E-state index contributed by atoms with van der Waals surface area (Å²) in [6.07, 6.45) is 2.00. The van der Waals surface area contributed by atoms with Crippen molar-refractivity contribution in [3.8, 4) is 0 Å². The van der Waals surface area contributed by atoms with Crippen molar-refractivity contribution < 1.29 is 13.6 Å². The molecule has 0 saturated heterocycles. The quantitative estimate of drug-likeness (QED) is 0.859. The van der Waals surface area contributed by atoms with Gasteiger partial charge in [0.2, 0.25) is 0 Å². The number of rotatable bonds is 6. The van der Waals surface area contributed by atoms with Crippen LogP contribution < -0.4 is 11.1 Å². The minimum Gasteiger partial charge on any atom is -0.463 e. The second-order valence-corrected chi connectivity index (χ2v) is 5.08. The Labute approximate surface area is 120 Å². The van der Waals surface area contributed by atoms with E-state index in [2.05, 4.69) is 5.32 Å². The molecule has 1 aromatic carbocycles. The first-order valence-electron chi connectivity index (χ1n) is 6.00. The molecular formula is C14H15FN2O2S. The van der Waals surface area contributed by atoms with Gasteiger partial charge in [0.15, 0.2) is 0 Å². The summed E-state index contributed by atoms with van der Waals surface area (Å²) in [6.45, 7) is 0.457.